The maximum absolute atomic E-state index is 13.4. The van der Waals surface area contributed by atoms with Gasteiger partial charge in [-0.1, -0.05) is 18.5 Å². The van der Waals surface area contributed by atoms with Crippen LogP contribution in [0.3, 0.4) is 0 Å². The van der Waals surface area contributed by atoms with Gasteiger partial charge in [0.05, 0.1) is 6.04 Å². The molecular formula is C14H15ClFNS. The third-order valence-electron chi connectivity index (χ3n) is 2.95. The molecule has 4 heteroatoms. The Morgan fingerprint density at radius 2 is 2.11 bits per heavy atom. The van der Waals surface area contributed by atoms with Gasteiger partial charge in [0.1, 0.15) is 5.82 Å². The summed E-state index contributed by atoms with van der Waals surface area (Å²) in [5, 5.41) is 0.386. The van der Waals surface area contributed by atoms with Gasteiger partial charge in [-0.2, -0.15) is 0 Å². The summed E-state index contributed by atoms with van der Waals surface area (Å²) in [6.45, 7) is 3.82. The zero-order chi connectivity index (χ0) is 13.3. The van der Waals surface area contributed by atoms with Crippen molar-refractivity contribution in [1.82, 2.24) is 0 Å². The third-order valence-corrected chi connectivity index (χ3v) is 4.59. The summed E-state index contributed by atoms with van der Waals surface area (Å²) in [6, 6.07) is 6.86. The molecule has 18 heavy (non-hydrogen) atoms. The second-order valence-corrected chi connectivity index (χ2v) is 5.87. The molecule has 0 bridgehead atoms. The first-order valence-electron chi connectivity index (χ1n) is 5.82. The Hall–Kier alpha value is -0.900. The van der Waals surface area contributed by atoms with Crippen LogP contribution in [0.25, 0.3) is 0 Å². The average molecular weight is 284 g/mol. The molecule has 2 rings (SSSR count). The number of rotatable bonds is 3. The molecule has 1 unspecified atom stereocenters. The van der Waals surface area contributed by atoms with Gasteiger partial charge < -0.3 is 5.73 Å². The van der Waals surface area contributed by atoms with E-state index in [1.165, 1.54) is 10.9 Å². The molecule has 1 heterocycles. The van der Waals surface area contributed by atoms with Crippen LogP contribution in [-0.4, -0.2) is 0 Å². The Bertz CT molecular complexity index is 565. The van der Waals surface area contributed by atoms with E-state index in [-0.39, 0.29) is 11.9 Å². The topological polar surface area (TPSA) is 26.0 Å². The van der Waals surface area contributed by atoms with Crippen molar-refractivity contribution < 1.29 is 4.39 Å². The Morgan fingerprint density at radius 1 is 1.39 bits per heavy atom. The van der Waals surface area contributed by atoms with Gasteiger partial charge in [-0.3, -0.25) is 0 Å². The van der Waals surface area contributed by atoms with Gasteiger partial charge in [-0.05, 0) is 48.7 Å². The normalized spacial score (nSPS) is 12.7. The number of hydrogen-bond acceptors (Lipinski definition) is 2. The lowest BCUT2D eigenvalue weighted by atomic mass is 10.0. The fourth-order valence-corrected chi connectivity index (χ4v) is 3.06. The summed E-state index contributed by atoms with van der Waals surface area (Å²) >= 11 is 7.75. The smallest absolute Gasteiger partial charge is 0.127 e. The van der Waals surface area contributed by atoms with E-state index >= 15 is 0 Å². The molecule has 1 aromatic heterocycles. The van der Waals surface area contributed by atoms with Crippen LogP contribution in [0.5, 0.6) is 0 Å². The predicted octanol–water partition coefficient (Wildman–Crippen LogP) is 4.46. The van der Waals surface area contributed by atoms with E-state index in [0.29, 0.717) is 10.6 Å². The van der Waals surface area contributed by atoms with Gasteiger partial charge >= 0.3 is 0 Å². The van der Waals surface area contributed by atoms with Crippen molar-refractivity contribution in [2.75, 3.05) is 0 Å². The predicted molar refractivity (Wildman–Crippen MR) is 75.9 cm³/mol. The largest absolute Gasteiger partial charge is 0.320 e. The van der Waals surface area contributed by atoms with E-state index < -0.39 is 0 Å². The summed E-state index contributed by atoms with van der Waals surface area (Å²) < 4.78 is 13.4. The van der Waals surface area contributed by atoms with Crippen molar-refractivity contribution in [1.29, 1.82) is 0 Å². The zero-order valence-electron chi connectivity index (χ0n) is 10.3. The quantitative estimate of drug-likeness (QED) is 0.884. The van der Waals surface area contributed by atoms with Gasteiger partial charge in [0.2, 0.25) is 0 Å². The van der Waals surface area contributed by atoms with Crippen LogP contribution in [0.1, 0.15) is 33.8 Å². The minimum absolute atomic E-state index is 0.290. The van der Waals surface area contributed by atoms with Crippen LogP contribution < -0.4 is 5.73 Å². The molecular weight excluding hydrogens is 269 g/mol. The summed E-state index contributed by atoms with van der Waals surface area (Å²) in [6.07, 6.45) is 0.994. The Kier molecular flexibility index (Phi) is 4.05. The summed E-state index contributed by atoms with van der Waals surface area (Å²) in [7, 11) is 0. The number of nitrogens with two attached hydrogens (primary N) is 1. The van der Waals surface area contributed by atoms with Gasteiger partial charge in [-0.25, -0.2) is 4.39 Å². The Labute approximate surface area is 115 Å². The number of thiophene rings is 1. The molecule has 96 valence electrons. The van der Waals surface area contributed by atoms with Gasteiger partial charge in [-0.15, -0.1) is 11.3 Å². The molecule has 2 N–H and O–H groups in total. The summed E-state index contributed by atoms with van der Waals surface area (Å²) in [5.41, 5.74) is 7.55. The van der Waals surface area contributed by atoms with E-state index in [0.717, 1.165) is 16.9 Å². The van der Waals surface area contributed by atoms with Gasteiger partial charge in [0.25, 0.3) is 0 Å². The SMILES string of the molecule is CCc1ccc(C(N)c2cc(C)c(F)cc2Cl)s1. The first kappa shape index (κ1) is 13.5. The summed E-state index contributed by atoms with van der Waals surface area (Å²) in [4.78, 5) is 2.34. The number of halogens is 2. The molecule has 0 aliphatic heterocycles. The standard InChI is InChI=1S/C14H15ClFNS/c1-3-9-4-5-13(18-9)14(17)10-6-8(2)12(16)7-11(10)15/h4-7,14H,3,17H2,1-2H3. The van der Waals surface area contributed by atoms with E-state index in [4.69, 9.17) is 17.3 Å². The van der Waals surface area contributed by atoms with Crippen LogP contribution in [0.4, 0.5) is 4.39 Å². The highest BCUT2D eigenvalue weighted by atomic mass is 35.5. The molecule has 1 aromatic carbocycles. The Balaban J connectivity index is 2.39. The zero-order valence-corrected chi connectivity index (χ0v) is 11.9. The maximum atomic E-state index is 13.4. The van der Waals surface area contributed by atoms with E-state index in [1.54, 1.807) is 24.3 Å². The molecule has 0 fully saturated rings. The molecule has 1 nitrogen and oxygen atoms in total. The van der Waals surface area contributed by atoms with Crippen LogP contribution in [0, 0.1) is 12.7 Å². The van der Waals surface area contributed by atoms with E-state index in [2.05, 4.69) is 13.0 Å². The van der Waals surface area contributed by atoms with Crippen LogP contribution in [0.2, 0.25) is 5.02 Å². The monoisotopic (exact) mass is 283 g/mol. The van der Waals surface area contributed by atoms with Crippen molar-refractivity contribution in [2.24, 2.45) is 5.73 Å². The fourth-order valence-electron chi connectivity index (χ4n) is 1.82. The molecule has 0 radical (unpaired) electrons. The fraction of sp³-hybridized carbons (Fsp3) is 0.286. The van der Waals surface area contributed by atoms with Crippen molar-refractivity contribution >= 4 is 22.9 Å². The molecule has 0 aliphatic carbocycles. The number of hydrogen-bond donors (Lipinski definition) is 1. The van der Waals surface area contributed by atoms with E-state index in [1.807, 2.05) is 6.07 Å². The number of aryl methyl sites for hydroxylation is 2. The van der Waals surface area contributed by atoms with Crippen LogP contribution >= 0.6 is 22.9 Å². The Morgan fingerprint density at radius 3 is 2.72 bits per heavy atom. The second kappa shape index (κ2) is 5.39. The van der Waals surface area contributed by atoms with E-state index in [9.17, 15) is 4.39 Å². The minimum atomic E-state index is -0.295. The lowest BCUT2D eigenvalue weighted by Gasteiger charge is -2.13. The molecule has 0 saturated heterocycles. The van der Waals surface area contributed by atoms with Crippen LogP contribution in [0.15, 0.2) is 24.3 Å². The lowest BCUT2D eigenvalue weighted by Crippen LogP contribution is -2.11. The second-order valence-electron chi connectivity index (χ2n) is 4.26. The minimum Gasteiger partial charge on any atom is -0.320 e. The highest BCUT2D eigenvalue weighted by Crippen LogP contribution is 2.32. The van der Waals surface area contributed by atoms with Crippen LogP contribution in [-0.2, 0) is 6.42 Å². The molecule has 1 atom stereocenters. The first-order chi connectivity index (χ1) is 8.52. The van der Waals surface area contributed by atoms with Gasteiger partial charge in [0.15, 0.2) is 0 Å². The van der Waals surface area contributed by atoms with Crippen molar-refractivity contribution in [2.45, 2.75) is 26.3 Å². The molecule has 0 amide bonds. The molecule has 2 aromatic rings. The maximum Gasteiger partial charge on any atom is 0.127 e. The van der Waals surface area contributed by atoms with Crippen molar-refractivity contribution in [3.05, 3.63) is 56.0 Å². The third kappa shape index (κ3) is 2.58. The first-order valence-corrected chi connectivity index (χ1v) is 7.02. The summed E-state index contributed by atoms with van der Waals surface area (Å²) in [5.74, 6) is -0.295. The number of benzene rings is 1. The van der Waals surface area contributed by atoms with Gasteiger partial charge in [0, 0.05) is 14.8 Å². The highest BCUT2D eigenvalue weighted by molar-refractivity contribution is 7.12. The highest BCUT2D eigenvalue weighted by Gasteiger charge is 2.16. The molecule has 0 aliphatic rings. The lowest BCUT2D eigenvalue weighted by molar-refractivity contribution is 0.617. The molecule has 0 spiro atoms. The average Bonchev–Trinajstić information content (AvgIpc) is 2.81. The van der Waals surface area contributed by atoms with Crippen molar-refractivity contribution in [3.8, 4) is 0 Å². The molecule has 0 saturated carbocycles. The van der Waals surface area contributed by atoms with Crippen molar-refractivity contribution in [3.63, 3.8) is 0 Å².